The minimum absolute atomic E-state index is 0.0178. The van der Waals surface area contributed by atoms with Crippen molar-refractivity contribution in [3.05, 3.63) is 29.8 Å². The van der Waals surface area contributed by atoms with E-state index in [4.69, 9.17) is 0 Å². The second-order valence-electron chi connectivity index (χ2n) is 4.69. The molecule has 0 saturated heterocycles. The first kappa shape index (κ1) is 16.8. The maximum absolute atomic E-state index is 12.7. The summed E-state index contributed by atoms with van der Waals surface area (Å²) in [6.07, 6.45) is -3.52. The highest BCUT2D eigenvalue weighted by Crippen LogP contribution is 2.32. The van der Waals surface area contributed by atoms with E-state index in [1.54, 1.807) is 19.0 Å². The van der Waals surface area contributed by atoms with Gasteiger partial charge in [-0.2, -0.15) is 13.2 Å². The van der Waals surface area contributed by atoms with E-state index in [0.717, 1.165) is 22.7 Å². The van der Waals surface area contributed by atoms with E-state index in [-0.39, 0.29) is 12.2 Å². The number of likely N-dealkylation sites (N-methyl/N-ethyl adjacent to an activating group) is 1. The third kappa shape index (κ3) is 4.68. The summed E-state index contributed by atoms with van der Waals surface area (Å²) in [6, 6.07) is 4.31. The second-order valence-corrected chi connectivity index (χ2v) is 6.59. The van der Waals surface area contributed by atoms with Gasteiger partial charge in [0.25, 0.3) is 0 Å². The Morgan fingerprint density at radius 2 is 1.75 bits per heavy atom. The van der Waals surface area contributed by atoms with Crippen LogP contribution in [0.5, 0.6) is 0 Å². The van der Waals surface area contributed by atoms with Crippen molar-refractivity contribution in [1.82, 2.24) is 4.90 Å². The Labute approximate surface area is 116 Å². The second kappa shape index (κ2) is 6.01. The van der Waals surface area contributed by atoms with Gasteiger partial charge in [-0.15, -0.1) is 0 Å². The summed E-state index contributed by atoms with van der Waals surface area (Å²) in [5.41, 5.74) is -0.849. The SMILES string of the molecule is CN(C)CCN(c1cccc(C(F)(F)F)c1)S(C)(=O)=O. The van der Waals surface area contributed by atoms with Gasteiger partial charge in [0.15, 0.2) is 0 Å². The molecule has 0 spiro atoms. The first-order chi connectivity index (χ1) is 9.01. The van der Waals surface area contributed by atoms with Crippen molar-refractivity contribution in [2.24, 2.45) is 0 Å². The van der Waals surface area contributed by atoms with Gasteiger partial charge in [-0.1, -0.05) is 6.07 Å². The van der Waals surface area contributed by atoms with E-state index in [1.807, 2.05) is 0 Å². The summed E-state index contributed by atoms with van der Waals surface area (Å²) in [5.74, 6) is 0. The Balaban J connectivity index is 3.15. The lowest BCUT2D eigenvalue weighted by Crippen LogP contribution is -2.36. The summed E-state index contributed by atoms with van der Waals surface area (Å²) in [4.78, 5) is 1.76. The molecule has 0 aliphatic carbocycles. The molecule has 0 fully saturated rings. The van der Waals surface area contributed by atoms with E-state index >= 15 is 0 Å². The molecule has 0 aliphatic heterocycles. The quantitative estimate of drug-likeness (QED) is 0.835. The zero-order chi connectivity index (χ0) is 15.6. The molecule has 0 aromatic heterocycles. The number of sulfonamides is 1. The molecule has 4 nitrogen and oxygen atoms in total. The van der Waals surface area contributed by atoms with Crippen molar-refractivity contribution >= 4 is 15.7 Å². The molecule has 114 valence electrons. The fourth-order valence-electron chi connectivity index (χ4n) is 1.61. The summed E-state index contributed by atoms with van der Waals surface area (Å²) in [5, 5.41) is 0. The molecular formula is C12H17F3N2O2S. The van der Waals surface area contributed by atoms with Gasteiger partial charge in [0, 0.05) is 13.1 Å². The number of benzene rings is 1. The van der Waals surface area contributed by atoms with Crippen molar-refractivity contribution < 1.29 is 21.6 Å². The molecule has 1 rings (SSSR count). The Morgan fingerprint density at radius 3 is 2.20 bits per heavy atom. The number of hydrogen-bond acceptors (Lipinski definition) is 3. The van der Waals surface area contributed by atoms with E-state index in [0.29, 0.717) is 6.54 Å². The lowest BCUT2D eigenvalue weighted by atomic mass is 10.2. The van der Waals surface area contributed by atoms with Gasteiger partial charge in [-0.05, 0) is 32.3 Å². The van der Waals surface area contributed by atoms with Crippen LogP contribution in [0.2, 0.25) is 0 Å². The molecule has 0 heterocycles. The molecule has 0 radical (unpaired) electrons. The van der Waals surface area contributed by atoms with Crippen molar-refractivity contribution in [2.45, 2.75) is 6.18 Å². The maximum Gasteiger partial charge on any atom is 0.416 e. The van der Waals surface area contributed by atoms with Crippen molar-refractivity contribution in [3.8, 4) is 0 Å². The van der Waals surface area contributed by atoms with Crippen LogP contribution in [-0.2, 0) is 16.2 Å². The third-order valence-electron chi connectivity index (χ3n) is 2.61. The van der Waals surface area contributed by atoms with Crippen LogP contribution in [0.4, 0.5) is 18.9 Å². The number of nitrogens with zero attached hydrogens (tertiary/aromatic N) is 2. The lowest BCUT2D eigenvalue weighted by molar-refractivity contribution is -0.137. The molecule has 0 atom stereocenters. The van der Waals surface area contributed by atoms with E-state index in [9.17, 15) is 21.6 Å². The molecule has 0 aliphatic rings. The average Bonchev–Trinajstić information content (AvgIpc) is 2.26. The highest BCUT2D eigenvalue weighted by molar-refractivity contribution is 7.92. The zero-order valence-electron chi connectivity index (χ0n) is 11.5. The molecule has 0 saturated carbocycles. The fourth-order valence-corrected chi connectivity index (χ4v) is 2.52. The number of halogens is 3. The normalized spacial score (nSPS) is 12.8. The van der Waals surface area contributed by atoms with E-state index in [1.165, 1.54) is 12.1 Å². The smallest absolute Gasteiger partial charge is 0.308 e. The molecular weight excluding hydrogens is 293 g/mol. The average molecular weight is 310 g/mol. The van der Waals surface area contributed by atoms with Crippen molar-refractivity contribution in [2.75, 3.05) is 37.7 Å². The van der Waals surface area contributed by atoms with Crippen LogP contribution in [-0.4, -0.2) is 46.8 Å². The Morgan fingerprint density at radius 1 is 1.15 bits per heavy atom. The predicted molar refractivity (Wildman–Crippen MR) is 72.2 cm³/mol. The number of hydrogen-bond donors (Lipinski definition) is 0. The number of rotatable bonds is 5. The van der Waals surface area contributed by atoms with Crippen LogP contribution in [0.1, 0.15) is 5.56 Å². The summed E-state index contributed by atoms with van der Waals surface area (Å²) in [7, 11) is -0.123. The van der Waals surface area contributed by atoms with Gasteiger partial charge in [0.2, 0.25) is 10.0 Å². The van der Waals surface area contributed by atoms with Gasteiger partial charge in [-0.3, -0.25) is 4.31 Å². The minimum atomic E-state index is -4.50. The molecule has 8 heteroatoms. The first-order valence-electron chi connectivity index (χ1n) is 5.81. The first-order valence-corrected chi connectivity index (χ1v) is 7.66. The van der Waals surface area contributed by atoms with Gasteiger partial charge in [0.1, 0.15) is 0 Å². The predicted octanol–water partition coefficient (Wildman–Crippen LogP) is 2.03. The zero-order valence-corrected chi connectivity index (χ0v) is 12.3. The molecule has 0 amide bonds. The molecule has 1 aromatic rings. The van der Waals surface area contributed by atoms with Crippen molar-refractivity contribution in [1.29, 1.82) is 0 Å². The topological polar surface area (TPSA) is 40.6 Å². The molecule has 0 unspecified atom stereocenters. The number of anilines is 1. The van der Waals surface area contributed by atoms with Gasteiger partial charge >= 0.3 is 6.18 Å². The Bertz CT molecular complexity index is 556. The summed E-state index contributed by atoms with van der Waals surface area (Å²) >= 11 is 0. The molecule has 0 N–H and O–H groups in total. The van der Waals surface area contributed by atoms with Gasteiger partial charge in [0.05, 0.1) is 17.5 Å². The van der Waals surface area contributed by atoms with E-state index in [2.05, 4.69) is 0 Å². The molecule has 1 aromatic carbocycles. The Hall–Kier alpha value is -1.28. The maximum atomic E-state index is 12.7. The third-order valence-corrected chi connectivity index (χ3v) is 3.81. The monoisotopic (exact) mass is 310 g/mol. The minimum Gasteiger partial charge on any atom is -0.308 e. The van der Waals surface area contributed by atoms with Crippen LogP contribution < -0.4 is 4.31 Å². The lowest BCUT2D eigenvalue weighted by Gasteiger charge is -2.24. The molecule has 0 bridgehead atoms. The van der Waals surface area contributed by atoms with Crippen LogP contribution >= 0.6 is 0 Å². The largest absolute Gasteiger partial charge is 0.416 e. The molecule has 20 heavy (non-hydrogen) atoms. The van der Waals surface area contributed by atoms with Crippen LogP contribution in [0.15, 0.2) is 24.3 Å². The summed E-state index contributed by atoms with van der Waals surface area (Å²) in [6.45, 7) is 0.496. The standard InChI is InChI=1S/C12H17F3N2O2S/c1-16(2)7-8-17(20(3,18)19)11-6-4-5-10(9-11)12(13,14)15/h4-6,9H,7-8H2,1-3H3. The van der Waals surface area contributed by atoms with Crippen LogP contribution in [0.25, 0.3) is 0 Å². The Kier molecular flexibility index (Phi) is 5.04. The van der Waals surface area contributed by atoms with Crippen molar-refractivity contribution in [3.63, 3.8) is 0 Å². The van der Waals surface area contributed by atoms with Crippen LogP contribution in [0.3, 0.4) is 0 Å². The van der Waals surface area contributed by atoms with Crippen LogP contribution in [0, 0.1) is 0 Å². The van der Waals surface area contributed by atoms with Gasteiger partial charge in [-0.25, -0.2) is 8.42 Å². The highest BCUT2D eigenvalue weighted by atomic mass is 32.2. The fraction of sp³-hybridized carbons (Fsp3) is 0.500. The van der Waals surface area contributed by atoms with Gasteiger partial charge < -0.3 is 4.90 Å². The number of alkyl halides is 3. The van der Waals surface area contributed by atoms with E-state index < -0.39 is 21.8 Å². The summed E-state index contributed by atoms with van der Waals surface area (Å²) < 4.78 is 62.4. The highest BCUT2D eigenvalue weighted by Gasteiger charge is 2.31.